The Labute approximate surface area is 220 Å². The van der Waals surface area contributed by atoms with Crippen molar-refractivity contribution in [1.82, 2.24) is 19.7 Å². The first-order valence-corrected chi connectivity index (χ1v) is 12.5. The van der Waals surface area contributed by atoms with Crippen molar-refractivity contribution in [3.63, 3.8) is 0 Å². The predicted molar refractivity (Wildman–Crippen MR) is 148 cm³/mol. The number of aromatic nitrogens is 4. The van der Waals surface area contributed by atoms with Crippen LogP contribution < -0.4 is 20.9 Å². The second-order valence-corrected chi connectivity index (χ2v) is 9.00. The SMILES string of the molecule is CCN1c2nc(NCc3ccccc3)nc(N)c2N(c2ccccc2)C1n1cc(-c2ccc(F)cc2)cn1. The van der Waals surface area contributed by atoms with Crippen molar-refractivity contribution in [2.24, 2.45) is 0 Å². The molecule has 6 rings (SSSR count). The van der Waals surface area contributed by atoms with E-state index in [0.29, 0.717) is 24.9 Å². The fraction of sp³-hybridized carbons (Fsp3) is 0.138. The average Bonchev–Trinajstić information content (AvgIpc) is 3.56. The number of hydrogen-bond donors (Lipinski definition) is 2. The molecule has 0 radical (unpaired) electrons. The zero-order valence-electron chi connectivity index (χ0n) is 20.9. The van der Waals surface area contributed by atoms with Crippen molar-refractivity contribution in [3.05, 3.63) is 109 Å². The molecular weight excluding hydrogens is 479 g/mol. The highest BCUT2D eigenvalue weighted by atomic mass is 19.1. The van der Waals surface area contributed by atoms with Gasteiger partial charge in [0.1, 0.15) is 11.5 Å². The summed E-state index contributed by atoms with van der Waals surface area (Å²) in [7, 11) is 0. The second-order valence-electron chi connectivity index (χ2n) is 9.00. The van der Waals surface area contributed by atoms with Crippen LogP contribution in [0, 0.1) is 5.82 Å². The van der Waals surface area contributed by atoms with Gasteiger partial charge in [-0.15, -0.1) is 0 Å². The zero-order valence-corrected chi connectivity index (χ0v) is 20.9. The fourth-order valence-corrected chi connectivity index (χ4v) is 4.79. The van der Waals surface area contributed by atoms with Crippen molar-refractivity contribution in [1.29, 1.82) is 0 Å². The van der Waals surface area contributed by atoms with Crippen molar-refractivity contribution in [2.45, 2.75) is 19.8 Å². The maximum Gasteiger partial charge on any atom is 0.227 e. The highest BCUT2D eigenvalue weighted by Gasteiger charge is 2.41. The van der Waals surface area contributed by atoms with E-state index in [-0.39, 0.29) is 12.1 Å². The lowest BCUT2D eigenvalue weighted by Crippen LogP contribution is -2.38. The van der Waals surface area contributed by atoms with E-state index in [0.717, 1.165) is 33.9 Å². The quantitative estimate of drug-likeness (QED) is 0.288. The molecule has 5 aromatic rings. The Bertz CT molecular complexity index is 1540. The molecule has 0 bridgehead atoms. The largest absolute Gasteiger partial charge is 0.382 e. The number of nitrogens with two attached hydrogens (primary N) is 1. The normalized spacial score (nSPS) is 14.5. The number of hydrogen-bond acceptors (Lipinski definition) is 7. The third-order valence-electron chi connectivity index (χ3n) is 6.60. The van der Waals surface area contributed by atoms with Crippen LogP contribution in [0.25, 0.3) is 11.1 Å². The lowest BCUT2D eigenvalue weighted by atomic mass is 10.1. The van der Waals surface area contributed by atoms with Crippen LogP contribution >= 0.6 is 0 Å². The summed E-state index contributed by atoms with van der Waals surface area (Å²) in [5.74, 6) is 1.29. The molecule has 1 aliphatic heterocycles. The van der Waals surface area contributed by atoms with E-state index >= 15 is 0 Å². The summed E-state index contributed by atoms with van der Waals surface area (Å²) in [6, 6.07) is 26.5. The third kappa shape index (κ3) is 4.28. The molecule has 0 saturated heterocycles. The molecule has 9 heteroatoms. The number of benzene rings is 3. The molecule has 38 heavy (non-hydrogen) atoms. The van der Waals surface area contributed by atoms with Crippen LogP contribution in [-0.4, -0.2) is 26.3 Å². The molecule has 0 amide bonds. The smallest absolute Gasteiger partial charge is 0.227 e. The number of fused-ring (bicyclic) bond motifs is 1. The standard InChI is InChI=1S/C29H27FN8/c1-2-36-27-25(26(31)34-28(35-27)32-17-20-9-5-3-6-10-20)38(24-11-7-4-8-12-24)29(36)37-19-22(18-33-37)21-13-15-23(30)16-14-21/h3-16,18-19,29H,2,17H2,1H3,(H3,31,32,34,35). The molecule has 2 aromatic heterocycles. The Balaban J connectivity index is 1.41. The minimum absolute atomic E-state index is 0.273. The van der Waals surface area contributed by atoms with Crippen molar-refractivity contribution >= 4 is 29.0 Å². The number of rotatable bonds is 7. The Kier molecular flexibility index (Phi) is 6.09. The van der Waals surface area contributed by atoms with Gasteiger partial charge in [-0.3, -0.25) is 4.90 Å². The highest BCUT2D eigenvalue weighted by molar-refractivity contribution is 5.88. The Morgan fingerprint density at radius 2 is 1.61 bits per heavy atom. The van der Waals surface area contributed by atoms with Gasteiger partial charge < -0.3 is 16.0 Å². The van der Waals surface area contributed by atoms with E-state index in [1.54, 1.807) is 18.3 Å². The second kappa shape index (κ2) is 9.85. The van der Waals surface area contributed by atoms with E-state index in [4.69, 9.17) is 15.8 Å². The minimum atomic E-state index is -0.368. The van der Waals surface area contributed by atoms with E-state index < -0.39 is 0 Å². The van der Waals surface area contributed by atoms with Gasteiger partial charge in [0.25, 0.3) is 0 Å². The topological polar surface area (TPSA) is 88.1 Å². The minimum Gasteiger partial charge on any atom is -0.382 e. The van der Waals surface area contributed by atoms with Crippen LogP contribution in [0.5, 0.6) is 0 Å². The van der Waals surface area contributed by atoms with Crippen LogP contribution in [-0.2, 0) is 6.54 Å². The molecule has 0 spiro atoms. The highest BCUT2D eigenvalue weighted by Crippen LogP contribution is 2.50. The maximum absolute atomic E-state index is 13.5. The summed E-state index contributed by atoms with van der Waals surface area (Å²) in [5.41, 5.74) is 11.2. The molecule has 1 atom stereocenters. The molecule has 3 aromatic carbocycles. The molecule has 1 unspecified atom stereocenters. The molecule has 1 aliphatic rings. The number of halogens is 1. The number of nitrogens with one attached hydrogen (secondary N) is 1. The molecular formula is C29H27FN8. The summed E-state index contributed by atoms with van der Waals surface area (Å²) >= 11 is 0. The van der Waals surface area contributed by atoms with E-state index in [9.17, 15) is 4.39 Å². The summed E-state index contributed by atoms with van der Waals surface area (Å²) < 4.78 is 15.4. The first-order chi connectivity index (χ1) is 18.6. The fourth-order valence-electron chi connectivity index (χ4n) is 4.79. The number of para-hydroxylation sites is 1. The third-order valence-corrected chi connectivity index (χ3v) is 6.60. The van der Waals surface area contributed by atoms with Gasteiger partial charge in [-0.05, 0) is 42.3 Å². The summed E-state index contributed by atoms with van der Waals surface area (Å²) in [4.78, 5) is 13.8. The average molecular weight is 507 g/mol. The van der Waals surface area contributed by atoms with Gasteiger partial charge in [0, 0.05) is 30.5 Å². The van der Waals surface area contributed by atoms with Crippen molar-refractivity contribution < 1.29 is 4.39 Å². The number of nitrogens with zero attached hydrogens (tertiary/aromatic N) is 6. The molecule has 3 heterocycles. The van der Waals surface area contributed by atoms with Crippen LogP contribution in [0.4, 0.5) is 33.3 Å². The summed E-state index contributed by atoms with van der Waals surface area (Å²) in [6.45, 7) is 3.31. The van der Waals surface area contributed by atoms with Gasteiger partial charge in [0.2, 0.25) is 12.2 Å². The van der Waals surface area contributed by atoms with E-state index in [2.05, 4.69) is 27.0 Å². The van der Waals surface area contributed by atoms with E-state index in [1.807, 2.05) is 71.5 Å². The Morgan fingerprint density at radius 3 is 2.32 bits per heavy atom. The van der Waals surface area contributed by atoms with Gasteiger partial charge >= 0.3 is 0 Å². The maximum atomic E-state index is 13.5. The molecule has 3 N–H and O–H groups in total. The molecule has 0 saturated carbocycles. The van der Waals surface area contributed by atoms with Gasteiger partial charge in [-0.25, -0.2) is 9.07 Å². The van der Waals surface area contributed by atoms with Gasteiger partial charge in [-0.2, -0.15) is 15.1 Å². The number of anilines is 5. The summed E-state index contributed by atoms with van der Waals surface area (Å²) in [6.07, 6.45) is 3.38. The monoisotopic (exact) mass is 506 g/mol. The Hall–Kier alpha value is -4.92. The molecule has 0 aliphatic carbocycles. The zero-order chi connectivity index (χ0) is 26.1. The summed E-state index contributed by atoms with van der Waals surface area (Å²) in [5, 5.41) is 8.03. The van der Waals surface area contributed by atoms with Gasteiger partial charge in [-0.1, -0.05) is 60.7 Å². The van der Waals surface area contributed by atoms with Crippen LogP contribution in [0.2, 0.25) is 0 Å². The van der Waals surface area contributed by atoms with Crippen LogP contribution in [0.15, 0.2) is 97.3 Å². The van der Waals surface area contributed by atoms with Crippen molar-refractivity contribution in [2.75, 3.05) is 27.4 Å². The van der Waals surface area contributed by atoms with Gasteiger partial charge in [0.15, 0.2) is 11.6 Å². The predicted octanol–water partition coefficient (Wildman–Crippen LogP) is 5.81. The van der Waals surface area contributed by atoms with E-state index in [1.165, 1.54) is 12.1 Å². The van der Waals surface area contributed by atoms with Crippen molar-refractivity contribution in [3.8, 4) is 11.1 Å². The molecule has 190 valence electrons. The molecule has 8 nitrogen and oxygen atoms in total. The molecule has 0 fully saturated rings. The Morgan fingerprint density at radius 1 is 0.895 bits per heavy atom. The number of nitrogen functional groups attached to an aromatic ring is 1. The van der Waals surface area contributed by atoms with Gasteiger partial charge in [0.05, 0.1) is 6.20 Å². The lowest BCUT2D eigenvalue weighted by molar-refractivity contribution is 0.456. The van der Waals surface area contributed by atoms with Crippen LogP contribution in [0.1, 0.15) is 18.8 Å². The first-order valence-electron chi connectivity index (χ1n) is 12.5. The lowest BCUT2D eigenvalue weighted by Gasteiger charge is -2.32. The first kappa shape index (κ1) is 23.5. The van der Waals surface area contributed by atoms with Crippen LogP contribution in [0.3, 0.4) is 0 Å².